The lowest BCUT2D eigenvalue weighted by atomic mass is 9.92. The molecule has 0 aromatic heterocycles. The summed E-state index contributed by atoms with van der Waals surface area (Å²) in [5.74, 6) is 0. The van der Waals surface area contributed by atoms with E-state index in [1.54, 1.807) is 0 Å². The van der Waals surface area contributed by atoms with Crippen LogP contribution in [-0.2, 0) is 0 Å². The summed E-state index contributed by atoms with van der Waals surface area (Å²) in [6.45, 7) is 8.83. The number of hydrogen-bond donors (Lipinski definition) is 1. The van der Waals surface area contributed by atoms with Crippen molar-refractivity contribution in [2.24, 2.45) is 5.73 Å². The van der Waals surface area contributed by atoms with E-state index in [0.29, 0.717) is 0 Å². The maximum atomic E-state index is 6.21. The SMILES string of the molecule is CCC(C)(C)N(C)C(c1ccc(Br)cc1)C(C)N. The summed E-state index contributed by atoms with van der Waals surface area (Å²) >= 11 is 3.48. The van der Waals surface area contributed by atoms with Gasteiger partial charge in [0.1, 0.15) is 0 Å². The second-order valence-corrected chi connectivity index (χ2v) is 6.55. The number of nitrogens with zero attached hydrogens (tertiary/aromatic N) is 1. The van der Waals surface area contributed by atoms with Crippen molar-refractivity contribution in [1.82, 2.24) is 4.90 Å². The summed E-state index contributed by atoms with van der Waals surface area (Å²) in [5.41, 5.74) is 7.63. The van der Waals surface area contributed by atoms with Crippen molar-refractivity contribution in [3.63, 3.8) is 0 Å². The van der Waals surface area contributed by atoms with E-state index in [0.717, 1.165) is 10.9 Å². The lowest BCUT2D eigenvalue weighted by molar-refractivity contribution is 0.0847. The van der Waals surface area contributed by atoms with E-state index in [4.69, 9.17) is 5.73 Å². The molecule has 2 unspecified atom stereocenters. The Morgan fingerprint density at radius 3 is 2.17 bits per heavy atom. The first-order valence-corrected chi connectivity index (χ1v) is 7.33. The summed E-state index contributed by atoms with van der Waals surface area (Å²) in [4.78, 5) is 2.39. The highest BCUT2D eigenvalue weighted by Crippen LogP contribution is 2.31. The molecule has 0 saturated carbocycles. The van der Waals surface area contributed by atoms with Gasteiger partial charge in [0, 0.05) is 22.1 Å². The zero-order valence-corrected chi connectivity index (χ0v) is 13.7. The standard InChI is InChI=1S/C15H25BrN2/c1-6-15(3,4)18(5)14(11(2)17)12-7-9-13(16)10-8-12/h7-11,14H,6,17H2,1-5H3. The van der Waals surface area contributed by atoms with Crippen molar-refractivity contribution in [2.45, 2.75) is 51.7 Å². The Balaban J connectivity index is 3.07. The molecular formula is C15H25BrN2. The summed E-state index contributed by atoms with van der Waals surface area (Å²) < 4.78 is 1.10. The van der Waals surface area contributed by atoms with E-state index in [1.807, 2.05) is 0 Å². The molecule has 2 N–H and O–H groups in total. The lowest BCUT2D eigenvalue weighted by Crippen LogP contribution is -2.48. The van der Waals surface area contributed by atoms with Gasteiger partial charge in [0.15, 0.2) is 0 Å². The van der Waals surface area contributed by atoms with Crippen LogP contribution in [0.2, 0.25) is 0 Å². The lowest BCUT2D eigenvalue weighted by Gasteiger charge is -2.42. The molecule has 0 heterocycles. The molecule has 0 fully saturated rings. The first-order valence-electron chi connectivity index (χ1n) is 6.53. The molecule has 0 spiro atoms. The average molecular weight is 313 g/mol. The molecule has 18 heavy (non-hydrogen) atoms. The molecule has 1 rings (SSSR count). The molecule has 0 bridgehead atoms. The molecule has 0 saturated heterocycles. The zero-order valence-electron chi connectivity index (χ0n) is 12.1. The average Bonchev–Trinajstić information content (AvgIpc) is 2.31. The molecule has 2 atom stereocenters. The van der Waals surface area contributed by atoms with Crippen LogP contribution in [0.4, 0.5) is 0 Å². The minimum atomic E-state index is 0.0991. The quantitative estimate of drug-likeness (QED) is 0.891. The van der Waals surface area contributed by atoms with Gasteiger partial charge in [-0.3, -0.25) is 4.90 Å². The van der Waals surface area contributed by atoms with Gasteiger partial charge in [-0.15, -0.1) is 0 Å². The topological polar surface area (TPSA) is 29.3 Å². The van der Waals surface area contributed by atoms with Gasteiger partial charge in [-0.25, -0.2) is 0 Å². The van der Waals surface area contributed by atoms with Gasteiger partial charge in [0.25, 0.3) is 0 Å². The highest BCUT2D eigenvalue weighted by molar-refractivity contribution is 9.10. The molecule has 0 aliphatic carbocycles. The number of likely N-dealkylation sites (N-methyl/N-ethyl adjacent to an activating group) is 1. The molecule has 0 aliphatic heterocycles. The van der Waals surface area contributed by atoms with E-state index in [9.17, 15) is 0 Å². The van der Waals surface area contributed by atoms with Gasteiger partial charge < -0.3 is 5.73 Å². The van der Waals surface area contributed by atoms with Crippen LogP contribution in [0, 0.1) is 0 Å². The Morgan fingerprint density at radius 2 is 1.78 bits per heavy atom. The van der Waals surface area contributed by atoms with E-state index >= 15 is 0 Å². The molecule has 1 aromatic carbocycles. The third kappa shape index (κ3) is 3.56. The van der Waals surface area contributed by atoms with Crippen LogP contribution in [0.15, 0.2) is 28.7 Å². The Labute approximate surface area is 120 Å². The molecule has 3 heteroatoms. The van der Waals surface area contributed by atoms with Gasteiger partial charge in [-0.1, -0.05) is 35.0 Å². The first kappa shape index (κ1) is 15.7. The van der Waals surface area contributed by atoms with Crippen LogP contribution in [0.1, 0.15) is 45.7 Å². The van der Waals surface area contributed by atoms with Crippen molar-refractivity contribution in [2.75, 3.05) is 7.05 Å². The minimum absolute atomic E-state index is 0.0991. The monoisotopic (exact) mass is 312 g/mol. The van der Waals surface area contributed by atoms with Crippen molar-refractivity contribution in [3.8, 4) is 0 Å². The van der Waals surface area contributed by atoms with Crippen LogP contribution in [-0.4, -0.2) is 23.5 Å². The highest BCUT2D eigenvalue weighted by Gasteiger charge is 2.30. The van der Waals surface area contributed by atoms with Gasteiger partial charge in [0.2, 0.25) is 0 Å². The fourth-order valence-corrected chi connectivity index (χ4v) is 2.43. The van der Waals surface area contributed by atoms with Crippen LogP contribution < -0.4 is 5.73 Å². The largest absolute Gasteiger partial charge is 0.326 e. The number of benzene rings is 1. The molecule has 0 amide bonds. The molecule has 102 valence electrons. The summed E-state index contributed by atoms with van der Waals surface area (Å²) in [6, 6.07) is 8.81. The van der Waals surface area contributed by atoms with Crippen molar-refractivity contribution in [1.29, 1.82) is 0 Å². The molecule has 0 aliphatic rings. The molecule has 1 aromatic rings. The van der Waals surface area contributed by atoms with E-state index in [-0.39, 0.29) is 17.6 Å². The normalized spacial score (nSPS) is 15.8. The summed E-state index contributed by atoms with van der Waals surface area (Å²) in [5, 5.41) is 0. The predicted octanol–water partition coefficient (Wildman–Crippen LogP) is 3.96. The molecular weight excluding hydrogens is 288 g/mol. The summed E-state index contributed by atoms with van der Waals surface area (Å²) in [6.07, 6.45) is 1.10. The fourth-order valence-electron chi connectivity index (χ4n) is 2.17. The van der Waals surface area contributed by atoms with E-state index < -0.39 is 0 Å². The smallest absolute Gasteiger partial charge is 0.0498 e. The Hall–Kier alpha value is -0.380. The summed E-state index contributed by atoms with van der Waals surface area (Å²) in [7, 11) is 2.17. The second-order valence-electron chi connectivity index (χ2n) is 5.63. The van der Waals surface area contributed by atoms with Crippen molar-refractivity contribution >= 4 is 15.9 Å². The van der Waals surface area contributed by atoms with Crippen LogP contribution >= 0.6 is 15.9 Å². The third-order valence-corrected chi connectivity index (χ3v) is 4.48. The maximum absolute atomic E-state index is 6.21. The van der Waals surface area contributed by atoms with Gasteiger partial charge in [0.05, 0.1) is 0 Å². The Kier molecular flexibility index (Phi) is 5.38. The van der Waals surface area contributed by atoms with Gasteiger partial charge in [-0.2, -0.15) is 0 Å². The second kappa shape index (κ2) is 6.18. The van der Waals surface area contributed by atoms with Crippen LogP contribution in [0.3, 0.4) is 0 Å². The number of hydrogen-bond acceptors (Lipinski definition) is 2. The molecule has 0 radical (unpaired) electrons. The minimum Gasteiger partial charge on any atom is -0.326 e. The Bertz CT molecular complexity index is 371. The highest BCUT2D eigenvalue weighted by atomic mass is 79.9. The number of halogens is 1. The van der Waals surface area contributed by atoms with Crippen LogP contribution in [0.5, 0.6) is 0 Å². The zero-order chi connectivity index (χ0) is 13.9. The number of nitrogens with two attached hydrogens (primary N) is 1. The predicted molar refractivity (Wildman–Crippen MR) is 82.7 cm³/mol. The van der Waals surface area contributed by atoms with Crippen molar-refractivity contribution in [3.05, 3.63) is 34.3 Å². The maximum Gasteiger partial charge on any atom is 0.0498 e. The first-order chi connectivity index (χ1) is 8.29. The number of rotatable bonds is 5. The fraction of sp³-hybridized carbons (Fsp3) is 0.600. The van der Waals surface area contributed by atoms with E-state index in [1.165, 1.54) is 5.56 Å². The third-order valence-electron chi connectivity index (χ3n) is 3.95. The Morgan fingerprint density at radius 1 is 1.28 bits per heavy atom. The van der Waals surface area contributed by atoms with Crippen molar-refractivity contribution < 1.29 is 0 Å². The molecule has 2 nitrogen and oxygen atoms in total. The van der Waals surface area contributed by atoms with Crippen LogP contribution in [0.25, 0.3) is 0 Å². The van der Waals surface area contributed by atoms with Gasteiger partial charge >= 0.3 is 0 Å². The van der Waals surface area contributed by atoms with Gasteiger partial charge in [-0.05, 0) is 51.9 Å². The van der Waals surface area contributed by atoms with E-state index in [2.05, 4.69) is 79.8 Å².